The van der Waals surface area contributed by atoms with Gasteiger partial charge in [0.25, 0.3) is 0 Å². The zero-order valence-corrected chi connectivity index (χ0v) is 11.1. The molecule has 0 saturated carbocycles. The number of nitrogens with two attached hydrogens (primary N) is 1. The molecule has 18 heavy (non-hydrogen) atoms. The number of ether oxygens (including phenoxy) is 1. The van der Waals surface area contributed by atoms with E-state index in [1.54, 1.807) is 0 Å². The van der Waals surface area contributed by atoms with Crippen LogP contribution in [0, 0.1) is 0 Å². The lowest BCUT2D eigenvalue weighted by atomic mass is 9.88. The first kappa shape index (κ1) is 12.1. The van der Waals surface area contributed by atoms with Gasteiger partial charge in [-0.15, -0.1) is 0 Å². The summed E-state index contributed by atoms with van der Waals surface area (Å²) in [5, 5.41) is 4.16. The monoisotopic (exact) mass is 251 g/mol. The van der Waals surface area contributed by atoms with Gasteiger partial charge in [-0.2, -0.15) is 4.98 Å². The van der Waals surface area contributed by atoms with Gasteiger partial charge in [0.2, 0.25) is 5.89 Å². The fraction of sp³-hybridized carbons (Fsp3) is 0.846. The maximum Gasteiger partial charge on any atom is 0.232 e. The highest BCUT2D eigenvalue weighted by Gasteiger charge is 2.44. The van der Waals surface area contributed by atoms with Gasteiger partial charge >= 0.3 is 0 Å². The Bertz CT molecular complexity index is 430. The van der Waals surface area contributed by atoms with E-state index in [0.29, 0.717) is 30.6 Å². The minimum atomic E-state index is -0.140. The van der Waals surface area contributed by atoms with E-state index in [1.807, 2.05) is 0 Å². The fourth-order valence-electron chi connectivity index (χ4n) is 3.04. The van der Waals surface area contributed by atoms with Gasteiger partial charge in [0.05, 0.1) is 18.1 Å². The second kappa shape index (κ2) is 4.31. The van der Waals surface area contributed by atoms with E-state index in [4.69, 9.17) is 15.0 Å². The molecular weight excluding hydrogens is 230 g/mol. The molecular formula is C13H21N3O2. The van der Waals surface area contributed by atoms with Crippen molar-refractivity contribution in [2.24, 2.45) is 5.73 Å². The third-order valence-corrected chi connectivity index (χ3v) is 4.23. The van der Waals surface area contributed by atoms with Crippen LogP contribution in [0.15, 0.2) is 4.52 Å². The molecule has 3 rings (SSSR count). The van der Waals surface area contributed by atoms with Crippen LogP contribution in [0.3, 0.4) is 0 Å². The minimum absolute atomic E-state index is 0.140. The summed E-state index contributed by atoms with van der Waals surface area (Å²) in [4.78, 5) is 4.59. The van der Waals surface area contributed by atoms with Crippen molar-refractivity contribution in [1.82, 2.24) is 10.1 Å². The third kappa shape index (κ3) is 1.95. The molecule has 0 aromatic carbocycles. The first-order chi connectivity index (χ1) is 8.60. The third-order valence-electron chi connectivity index (χ3n) is 4.23. The van der Waals surface area contributed by atoms with Gasteiger partial charge in [-0.05, 0) is 32.2 Å². The molecule has 0 spiro atoms. The molecule has 3 unspecified atom stereocenters. The first-order valence-corrected chi connectivity index (χ1v) is 6.80. The zero-order chi connectivity index (χ0) is 12.8. The lowest BCUT2D eigenvalue weighted by Gasteiger charge is -2.18. The summed E-state index contributed by atoms with van der Waals surface area (Å²) in [6, 6.07) is 0. The fourth-order valence-corrected chi connectivity index (χ4v) is 3.04. The lowest BCUT2D eigenvalue weighted by Crippen LogP contribution is -2.22. The number of aromatic nitrogens is 2. The highest BCUT2D eigenvalue weighted by atomic mass is 16.5. The van der Waals surface area contributed by atoms with E-state index in [0.717, 1.165) is 25.1 Å². The minimum Gasteiger partial charge on any atom is -0.374 e. The molecule has 5 heteroatoms. The van der Waals surface area contributed by atoms with Gasteiger partial charge in [0.15, 0.2) is 5.82 Å². The number of nitrogens with zero attached hydrogens (tertiary/aromatic N) is 2. The Morgan fingerprint density at radius 2 is 2.22 bits per heavy atom. The molecule has 2 bridgehead atoms. The maximum atomic E-state index is 5.84. The molecule has 0 amide bonds. The van der Waals surface area contributed by atoms with Crippen LogP contribution < -0.4 is 5.73 Å². The summed E-state index contributed by atoms with van der Waals surface area (Å²) >= 11 is 0. The summed E-state index contributed by atoms with van der Waals surface area (Å²) in [6.07, 6.45) is 4.93. The van der Waals surface area contributed by atoms with Crippen molar-refractivity contribution >= 4 is 0 Å². The second-order valence-corrected chi connectivity index (χ2v) is 6.10. The van der Waals surface area contributed by atoms with Crippen LogP contribution in [0.4, 0.5) is 0 Å². The Hall–Kier alpha value is -0.940. The molecule has 1 aromatic heterocycles. The van der Waals surface area contributed by atoms with Crippen molar-refractivity contribution in [3.63, 3.8) is 0 Å². The van der Waals surface area contributed by atoms with Gasteiger partial charge < -0.3 is 15.0 Å². The molecule has 5 nitrogen and oxygen atoms in total. The van der Waals surface area contributed by atoms with Crippen LogP contribution in [0.1, 0.15) is 57.2 Å². The summed E-state index contributed by atoms with van der Waals surface area (Å²) < 4.78 is 11.3. The van der Waals surface area contributed by atoms with Crippen LogP contribution in [-0.4, -0.2) is 28.9 Å². The van der Waals surface area contributed by atoms with Crippen molar-refractivity contribution in [3.8, 4) is 0 Å². The normalized spacial score (nSPS) is 31.2. The molecule has 2 saturated heterocycles. The molecule has 3 atom stereocenters. The molecule has 100 valence electrons. The number of hydrogen-bond acceptors (Lipinski definition) is 5. The van der Waals surface area contributed by atoms with E-state index in [9.17, 15) is 0 Å². The van der Waals surface area contributed by atoms with Crippen molar-refractivity contribution in [3.05, 3.63) is 11.7 Å². The molecule has 2 aliphatic heterocycles. The van der Waals surface area contributed by atoms with E-state index >= 15 is 0 Å². The van der Waals surface area contributed by atoms with Gasteiger partial charge in [-0.25, -0.2) is 0 Å². The highest BCUT2D eigenvalue weighted by molar-refractivity contribution is 5.09. The van der Waals surface area contributed by atoms with Crippen molar-refractivity contribution in [2.45, 2.75) is 63.1 Å². The SMILES string of the molecule is CC(C)(CCN)c1nc(C2CC3CCC2O3)no1. The number of hydrogen-bond donors (Lipinski definition) is 1. The molecule has 2 fully saturated rings. The van der Waals surface area contributed by atoms with Crippen LogP contribution in [-0.2, 0) is 10.2 Å². The molecule has 1 aromatic rings. The number of rotatable bonds is 4. The van der Waals surface area contributed by atoms with Gasteiger partial charge in [-0.3, -0.25) is 0 Å². The topological polar surface area (TPSA) is 74.2 Å². The van der Waals surface area contributed by atoms with Crippen LogP contribution in [0.25, 0.3) is 0 Å². The van der Waals surface area contributed by atoms with Crippen molar-refractivity contribution < 1.29 is 9.26 Å². The average molecular weight is 251 g/mol. The second-order valence-electron chi connectivity index (χ2n) is 6.10. The van der Waals surface area contributed by atoms with E-state index in [1.165, 1.54) is 6.42 Å². The molecule has 2 N–H and O–H groups in total. The van der Waals surface area contributed by atoms with E-state index in [-0.39, 0.29) is 5.41 Å². The van der Waals surface area contributed by atoms with Gasteiger partial charge in [0.1, 0.15) is 0 Å². The van der Waals surface area contributed by atoms with Crippen molar-refractivity contribution in [2.75, 3.05) is 6.54 Å². The van der Waals surface area contributed by atoms with Crippen LogP contribution in [0.5, 0.6) is 0 Å². The Labute approximate surface area is 107 Å². The van der Waals surface area contributed by atoms with Gasteiger partial charge in [0, 0.05) is 5.41 Å². The Balaban J connectivity index is 1.77. The van der Waals surface area contributed by atoms with Crippen molar-refractivity contribution in [1.29, 1.82) is 0 Å². The van der Waals surface area contributed by atoms with E-state index < -0.39 is 0 Å². The van der Waals surface area contributed by atoms with E-state index in [2.05, 4.69) is 24.0 Å². The molecule has 0 aliphatic carbocycles. The van der Waals surface area contributed by atoms with Crippen LogP contribution >= 0.6 is 0 Å². The predicted molar refractivity (Wildman–Crippen MR) is 66.2 cm³/mol. The molecule has 0 radical (unpaired) electrons. The summed E-state index contributed by atoms with van der Waals surface area (Å²) in [5.41, 5.74) is 5.48. The summed E-state index contributed by atoms with van der Waals surface area (Å²) in [7, 11) is 0. The largest absolute Gasteiger partial charge is 0.374 e. The highest BCUT2D eigenvalue weighted by Crippen LogP contribution is 2.43. The maximum absolute atomic E-state index is 5.84. The first-order valence-electron chi connectivity index (χ1n) is 6.80. The summed E-state index contributed by atoms with van der Waals surface area (Å²) in [6.45, 7) is 4.81. The Morgan fingerprint density at radius 1 is 1.39 bits per heavy atom. The smallest absolute Gasteiger partial charge is 0.232 e. The molecule has 2 aliphatic rings. The predicted octanol–water partition coefficient (Wildman–Crippen LogP) is 1.73. The zero-order valence-electron chi connectivity index (χ0n) is 11.1. The Kier molecular flexibility index (Phi) is 2.90. The van der Waals surface area contributed by atoms with Gasteiger partial charge in [-0.1, -0.05) is 19.0 Å². The lowest BCUT2D eigenvalue weighted by molar-refractivity contribution is 0.0996. The quantitative estimate of drug-likeness (QED) is 0.882. The molecule has 3 heterocycles. The summed E-state index contributed by atoms with van der Waals surface area (Å²) in [5.74, 6) is 1.85. The van der Waals surface area contributed by atoms with Crippen LogP contribution in [0.2, 0.25) is 0 Å². The average Bonchev–Trinajstić information content (AvgIpc) is 3.04. The standard InChI is InChI=1S/C13H21N3O2/c1-13(2,5-6-14)12-15-11(16-18-12)9-7-8-3-4-10(9)17-8/h8-10H,3-7,14H2,1-2H3. The Morgan fingerprint density at radius 3 is 2.83 bits per heavy atom. The number of fused-ring (bicyclic) bond motifs is 2.